The Hall–Kier alpha value is -1.04. The van der Waals surface area contributed by atoms with Gasteiger partial charge >= 0.3 is 5.97 Å². The van der Waals surface area contributed by atoms with E-state index in [1.165, 1.54) is 11.8 Å². The van der Waals surface area contributed by atoms with Gasteiger partial charge in [-0.05, 0) is 13.8 Å². The normalized spacial score (nSPS) is 12.8. The second-order valence-electron chi connectivity index (χ2n) is 5.37. The lowest BCUT2D eigenvalue weighted by atomic mass is 9.97. The number of carboxylic acid groups (broad SMARTS) is 1. The monoisotopic (exact) mass is 258 g/mol. The van der Waals surface area contributed by atoms with Crippen LogP contribution in [0.5, 0.6) is 0 Å². The molecule has 0 atom stereocenters. The maximum Gasteiger partial charge on any atom is 0.319 e. The largest absolute Gasteiger partial charge is 0.480 e. The molecule has 96 valence electrons. The Bertz CT molecular complexity index is 407. The summed E-state index contributed by atoms with van der Waals surface area (Å²) in [5.74, 6) is 0.691. The van der Waals surface area contributed by atoms with Crippen LogP contribution >= 0.6 is 11.8 Å². The molecule has 0 bridgehead atoms. The van der Waals surface area contributed by atoms with Crippen LogP contribution in [0, 0.1) is 0 Å². The Labute approximate surface area is 105 Å². The van der Waals surface area contributed by atoms with Gasteiger partial charge in [0.05, 0.1) is 5.75 Å². The molecule has 0 unspecified atom stereocenters. The Morgan fingerprint density at radius 2 is 1.94 bits per heavy atom. The van der Waals surface area contributed by atoms with Crippen molar-refractivity contribution in [3.8, 4) is 0 Å². The molecule has 0 saturated carbocycles. The zero-order chi connectivity index (χ0) is 13.3. The highest BCUT2D eigenvalue weighted by Crippen LogP contribution is 2.28. The minimum Gasteiger partial charge on any atom is -0.480 e. The van der Waals surface area contributed by atoms with Gasteiger partial charge in [0.15, 0.2) is 5.82 Å². The summed E-state index contributed by atoms with van der Waals surface area (Å²) in [6.07, 6.45) is 0. The highest BCUT2D eigenvalue weighted by atomic mass is 32.2. The van der Waals surface area contributed by atoms with Crippen molar-refractivity contribution >= 4 is 17.7 Å². The van der Waals surface area contributed by atoms with E-state index in [9.17, 15) is 4.79 Å². The van der Waals surface area contributed by atoms with Gasteiger partial charge in [-0.15, -0.1) is 11.8 Å². The van der Waals surface area contributed by atoms with E-state index in [0.717, 1.165) is 0 Å². The van der Waals surface area contributed by atoms with E-state index in [0.29, 0.717) is 17.5 Å². The van der Waals surface area contributed by atoms with Gasteiger partial charge in [-0.2, -0.15) is 4.98 Å². The third-order valence-corrected chi connectivity index (χ3v) is 3.49. The van der Waals surface area contributed by atoms with Crippen LogP contribution in [0.25, 0.3) is 0 Å². The van der Waals surface area contributed by atoms with Crippen molar-refractivity contribution in [1.29, 1.82) is 0 Å². The van der Waals surface area contributed by atoms with E-state index < -0.39 is 10.7 Å². The summed E-state index contributed by atoms with van der Waals surface area (Å²) in [4.78, 5) is 15.2. The van der Waals surface area contributed by atoms with Gasteiger partial charge in [0.1, 0.15) is 4.75 Å². The molecule has 6 heteroatoms. The van der Waals surface area contributed by atoms with E-state index in [2.05, 4.69) is 10.1 Å². The molecule has 1 aromatic heterocycles. The van der Waals surface area contributed by atoms with Crippen molar-refractivity contribution in [3.63, 3.8) is 0 Å². The van der Waals surface area contributed by atoms with E-state index in [1.807, 2.05) is 20.8 Å². The van der Waals surface area contributed by atoms with Gasteiger partial charge in [0, 0.05) is 5.41 Å². The van der Waals surface area contributed by atoms with Crippen molar-refractivity contribution < 1.29 is 14.4 Å². The Morgan fingerprint density at radius 3 is 2.35 bits per heavy atom. The van der Waals surface area contributed by atoms with Crippen LogP contribution in [-0.4, -0.2) is 26.0 Å². The molecular formula is C11H18N2O3S. The number of carboxylic acids is 1. The maximum absolute atomic E-state index is 10.9. The highest BCUT2D eigenvalue weighted by molar-refractivity contribution is 8.00. The Morgan fingerprint density at radius 1 is 1.35 bits per heavy atom. The fourth-order valence-electron chi connectivity index (χ4n) is 0.924. The Kier molecular flexibility index (Phi) is 3.86. The fourth-order valence-corrected chi connectivity index (χ4v) is 1.65. The molecule has 0 aliphatic rings. The summed E-state index contributed by atoms with van der Waals surface area (Å²) in [5, 5.41) is 12.8. The van der Waals surface area contributed by atoms with Crippen LogP contribution in [0.1, 0.15) is 46.3 Å². The summed E-state index contributed by atoms with van der Waals surface area (Å²) in [7, 11) is 0. The highest BCUT2D eigenvalue weighted by Gasteiger charge is 2.29. The first-order valence-electron chi connectivity index (χ1n) is 5.33. The topological polar surface area (TPSA) is 76.2 Å². The molecule has 0 aliphatic carbocycles. The molecule has 0 radical (unpaired) electrons. The summed E-state index contributed by atoms with van der Waals surface area (Å²) in [5.41, 5.74) is -0.182. The number of nitrogens with zero attached hydrogens (tertiary/aromatic N) is 2. The summed E-state index contributed by atoms with van der Waals surface area (Å²) < 4.78 is 4.29. The molecule has 1 aromatic rings. The second-order valence-corrected chi connectivity index (χ2v) is 6.97. The van der Waals surface area contributed by atoms with Gasteiger partial charge in [-0.3, -0.25) is 4.79 Å². The lowest BCUT2D eigenvalue weighted by Gasteiger charge is -2.16. The van der Waals surface area contributed by atoms with Crippen LogP contribution in [0.3, 0.4) is 0 Å². The molecule has 1 rings (SSSR count). The minimum absolute atomic E-state index is 0.182. The van der Waals surface area contributed by atoms with Gasteiger partial charge in [-0.1, -0.05) is 25.9 Å². The van der Waals surface area contributed by atoms with E-state index in [-0.39, 0.29) is 5.41 Å². The third-order valence-electron chi connectivity index (χ3n) is 2.19. The standard InChI is InChI=1S/C11H18N2O3S/c1-10(2,3)8-12-7(13-16-8)6-17-11(4,5)9(14)15/h6H2,1-5H3,(H,14,15). The average Bonchev–Trinajstić information content (AvgIpc) is 2.62. The smallest absolute Gasteiger partial charge is 0.319 e. The summed E-state index contributed by atoms with van der Waals surface area (Å²) in [6.45, 7) is 9.27. The molecule has 1 heterocycles. The fraction of sp³-hybridized carbons (Fsp3) is 0.727. The SMILES string of the molecule is CC(C)(SCc1noc(C(C)(C)C)n1)C(=O)O. The molecule has 0 aromatic carbocycles. The first-order chi connectivity index (χ1) is 7.63. The van der Waals surface area contributed by atoms with Gasteiger partial charge in [-0.25, -0.2) is 0 Å². The molecular weight excluding hydrogens is 240 g/mol. The number of thioether (sulfide) groups is 1. The van der Waals surface area contributed by atoms with Crippen molar-refractivity contribution in [3.05, 3.63) is 11.7 Å². The maximum atomic E-state index is 10.9. The predicted octanol–water partition coefficient (Wildman–Crippen LogP) is 2.46. The van der Waals surface area contributed by atoms with Crippen LogP contribution in [0.15, 0.2) is 4.52 Å². The van der Waals surface area contributed by atoms with Gasteiger partial charge < -0.3 is 9.63 Å². The first-order valence-corrected chi connectivity index (χ1v) is 6.32. The van der Waals surface area contributed by atoms with E-state index in [1.54, 1.807) is 13.8 Å². The number of aliphatic carboxylic acids is 1. The summed E-state index contributed by atoms with van der Waals surface area (Å²) in [6, 6.07) is 0. The number of rotatable bonds is 4. The zero-order valence-corrected chi connectivity index (χ0v) is 11.6. The lowest BCUT2D eigenvalue weighted by Crippen LogP contribution is -2.27. The van der Waals surface area contributed by atoms with E-state index in [4.69, 9.17) is 9.63 Å². The van der Waals surface area contributed by atoms with Crippen LogP contribution < -0.4 is 0 Å². The van der Waals surface area contributed by atoms with Crippen molar-refractivity contribution in [1.82, 2.24) is 10.1 Å². The van der Waals surface area contributed by atoms with Gasteiger partial charge in [0.25, 0.3) is 0 Å². The van der Waals surface area contributed by atoms with Crippen molar-refractivity contribution in [2.24, 2.45) is 0 Å². The van der Waals surface area contributed by atoms with Crippen LogP contribution in [0.4, 0.5) is 0 Å². The molecule has 0 spiro atoms. The van der Waals surface area contributed by atoms with Crippen LogP contribution in [-0.2, 0) is 16.0 Å². The third kappa shape index (κ3) is 3.73. The van der Waals surface area contributed by atoms with Crippen molar-refractivity contribution in [2.75, 3.05) is 0 Å². The molecule has 5 nitrogen and oxygen atoms in total. The van der Waals surface area contributed by atoms with Crippen LogP contribution in [0.2, 0.25) is 0 Å². The summed E-state index contributed by atoms with van der Waals surface area (Å²) >= 11 is 1.28. The minimum atomic E-state index is -0.845. The second kappa shape index (κ2) is 4.68. The molecule has 0 saturated heterocycles. The number of hydrogen-bond acceptors (Lipinski definition) is 5. The molecule has 0 amide bonds. The average molecular weight is 258 g/mol. The zero-order valence-electron chi connectivity index (χ0n) is 10.8. The van der Waals surface area contributed by atoms with Crippen molar-refractivity contribution in [2.45, 2.75) is 50.5 Å². The number of carbonyl (C=O) groups is 1. The number of aromatic nitrogens is 2. The lowest BCUT2D eigenvalue weighted by molar-refractivity contribution is -0.138. The van der Waals surface area contributed by atoms with Gasteiger partial charge in [0.2, 0.25) is 5.89 Å². The quantitative estimate of drug-likeness (QED) is 0.894. The Balaban J connectivity index is 2.66. The predicted molar refractivity (Wildman–Crippen MR) is 66.0 cm³/mol. The number of hydrogen-bond donors (Lipinski definition) is 1. The molecule has 1 N–H and O–H groups in total. The van der Waals surface area contributed by atoms with E-state index >= 15 is 0 Å². The molecule has 17 heavy (non-hydrogen) atoms. The first kappa shape index (κ1) is 14.0. The molecule has 0 fully saturated rings. The molecule has 0 aliphatic heterocycles.